The lowest BCUT2D eigenvalue weighted by atomic mass is 9.95. The molecule has 1 aromatic carbocycles. The summed E-state index contributed by atoms with van der Waals surface area (Å²) in [6.45, 7) is 3.72. The van der Waals surface area contributed by atoms with Crippen molar-refractivity contribution in [1.29, 1.82) is 0 Å². The number of carbonyl (C=O) groups excluding carboxylic acids is 2. The van der Waals surface area contributed by atoms with Gasteiger partial charge in [0.15, 0.2) is 5.69 Å². The highest BCUT2D eigenvalue weighted by molar-refractivity contribution is 5.93. The number of imidazole rings is 1. The van der Waals surface area contributed by atoms with Gasteiger partial charge in [0.05, 0.1) is 25.2 Å². The number of fused-ring (bicyclic) bond motifs is 1. The lowest BCUT2D eigenvalue weighted by Crippen LogP contribution is -2.44. The van der Waals surface area contributed by atoms with Crippen LogP contribution >= 0.6 is 0 Å². The van der Waals surface area contributed by atoms with Crippen LogP contribution in [0.5, 0.6) is 0 Å². The summed E-state index contributed by atoms with van der Waals surface area (Å²) in [6, 6.07) is 6.30. The van der Waals surface area contributed by atoms with E-state index >= 15 is 0 Å². The summed E-state index contributed by atoms with van der Waals surface area (Å²) >= 11 is 0. The van der Waals surface area contributed by atoms with E-state index in [1.807, 2.05) is 14.4 Å². The molecule has 164 valence electrons. The Balaban J connectivity index is 1.22. The van der Waals surface area contributed by atoms with Gasteiger partial charge in [-0.05, 0) is 43.4 Å². The van der Waals surface area contributed by atoms with Crippen molar-refractivity contribution in [2.75, 3.05) is 26.2 Å². The Morgan fingerprint density at radius 2 is 1.71 bits per heavy atom. The van der Waals surface area contributed by atoms with Crippen molar-refractivity contribution in [2.24, 2.45) is 5.92 Å². The second-order valence-electron chi connectivity index (χ2n) is 8.64. The van der Waals surface area contributed by atoms with E-state index in [-0.39, 0.29) is 36.3 Å². The number of benzene rings is 1. The Morgan fingerprint density at radius 3 is 2.42 bits per heavy atom. The monoisotopic (exact) mass is 426 g/mol. The molecule has 8 heteroatoms. The second kappa shape index (κ2) is 8.42. The Morgan fingerprint density at radius 1 is 1.00 bits per heavy atom. The van der Waals surface area contributed by atoms with Crippen LogP contribution in [0.15, 0.2) is 30.6 Å². The summed E-state index contributed by atoms with van der Waals surface area (Å²) in [6.07, 6.45) is 5.10. The number of rotatable bonds is 3. The summed E-state index contributed by atoms with van der Waals surface area (Å²) in [5.74, 6) is -0.0895. The average molecular weight is 426 g/mol. The number of carbonyl (C=O) groups is 2. The highest BCUT2D eigenvalue weighted by Gasteiger charge is 2.34. The molecule has 0 N–H and O–H groups in total. The van der Waals surface area contributed by atoms with E-state index in [4.69, 9.17) is 4.74 Å². The van der Waals surface area contributed by atoms with E-state index in [0.29, 0.717) is 38.2 Å². The third-order valence-corrected chi connectivity index (χ3v) is 6.72. The van der Waals surface area contributed by atoms with Gasteiger partial charge in [0.1, 0.15) is 11.9 Å². The van der Waals surface area contributed by atoms with Crippen LogP contribution in [0.2, 0.25) is 0 Å². The van der Waals surface area contributed by atoms with Gasteiger partial charge in [-0.1, -0.05) is 12.1 Å². The molecule has 1 aromatic heterocycles. The Kier molecular flexibility index (Phi) is 5.48. The Bertz CT molecular complexity index is 960. The highest BCUT2D eigenvalue weighted by atomic mass is 19.1. The minimum Gasteiger partial charge on any atom is -0.365 e. The average Bonchev–Trinajstić information content (AvgIpc) is 3.49. The van der Waals surface area contributed by atoms with Crippen LogP contribution in [0.1, 0.15) is 53.5 Å². The molecule has 7 nitrogen and oxygen atoms in total. The number of aromatic nitrogens is 2. The van der Waals surface area contributed by atoms with Gasteiger partial charge in [0, 0.05) is 32.1 Å². The zero-order valence-electron chi connectivity index (χ0n) is 17.5. The number of nitrogens with zero attached hydrogens (tertiary/aromatic N) is 4. The number of likely N-dealkylation sites (tertiary alicyclic amines) is 2. The second-order valence-corrected chi connectivity index (χ2v) is 8.64. The lowest BCUT2D eigenvalue weighted by molar-refractivity contribution is -0.135. The molecule has 4 heterocycles. The van der Waals surface area contributed by atoms with Crippen molar-refractivity contribution in [1.82, 2.24) is 19.4 Å². The molecule has 0 unspecified atom stereocenters. The largest absolute Gasteiger partial charge is 0.365 e. The molecular formula is C23H27FN4O3. The molecule has 5 rings (SSSR count). The predicted molar refractivity (Wildman–Crippen MR) is 111 cm³/mol. The lowest BCUT2D eigenvalue weighted by Gasteiger charge is -2.33. The van der Waals surface area contributed by atoms with E-state index in [0.717, 1.165) is 37.2 Å². The first-order chi connectivity index (χ1) is 15.1. The fourth-order valence-electron chi connectivity index (χ4n) is 4.86. The smallest absolute Gasteiger partial charge is 0.274 e. The molecule has 2 aromatic rings. The van der Waals surface area contributed by atoms with Gasteiger partial charge < -0.3 is 19.1 Å². The van der Waals surface area contributed by atoms with E-state index < -0.39 is 0 Å². The number of hydrogen-bond donors (Lipinski definition) is 0. The third kappa shape index (κ3) is 3.96. The maximum absolute atomic E-state index is 13.2. The number of hydrogen-bond acceptors (Lipinski definition) is 4. The molecule has 3 aliphatic rings. The van der Waals surface area contributed by atoms with E-state index in [1.54, 1.807) is 18.5 Å². The molecule has 3 aliphatic heterocycles. The zero-order valence-corrected chi connectivity index (χ0v) is 17.5. The van der Waals surface area contributed by atoms with Gasteiger partial charge in [-0.2, -0.15) is 0 Å². The first kappa shape index (κ1) is 20.2. The molecule has 0 saturated carbocycles. The topological polar surface area (TPSA) is 67.7 Å². The first-order valence-electron chi connectivity index (χ1n) is 11.1. The number of ether oxygens (including phenoxy) is 1. The van der Waals surface area contributed by atoms with Crippen LogP contribution in [0.4, 0.5) is 4.39 Å². The van der Waals surface area contributed by atoms with Crippen LogP contribution < -0.4 is 0 Å². The molecule has 2 amide bonds. The Labute approximate surface area is 180 Å². The van der Waals surface area contributed by atoms with Gasteiger partial charge >= 0.3 is 0 Å². The van der Waals surface area contributed by atoms with Gasteiger partial charge in [0.2, 0.25) is 5.91 Å². The quantitative estimate of drug-likeness (QED) is 0.757. The molecule has 0 radical (unpaired) electrons. The molecule has 2 fully saturated rings. The van der Waals surface area contributed by atoms with Crippen molar-refractivity contribution < 1.29 is 18.7 Å². The normalized spacial score (nSPS) is 21.9. The van der Waals surface area contributed by atoms with Crippen molar-refractivity contribution in [3.05, 3.63) is 53.4 Å². The molecule has 0 aliphatic carbocycles. The van der Waals surface area contributed by atoms with Gasteiger partial charge in [0.25, 0.3) is 5.91 Å². The fourth-order valence-corrected chi connectivity index (χ4v) is 4.86. The van der Waals surface area contributed by atoms with Gasteiger partial charge in [-0.3, -0.25) is 9.59 Å². The van der Waals surface area contributed by atoms with E-state index in [2.05, 4.69) is 4.98 Å². The van der Waals surface area contributed by atoms with Crippen LogP contribution in [-0.2, 0) is 22.7 Å². The number of piperidine rings is 1. The third-order valence-electron chi connectivity index (χ3n) is 6.72. The molecule has 31 heavy (non-hydrogen) atoms. The summed E-state index contributed by atoms with van der Waals surface area (Å²) in [5, 5.41) is 0. The molecule has 0 bridgehead atoms. The van der Waals surface area contributed by atoms with Crippen molar-refractivity contribution in [3.63, 3.8) is 0 Å². The maximum atomic E-state index is 13.2. The fraction of sp³-hybridized carbons (Fsp3) is 0.522. The predicted octanol–water partition coefficient (Wildman–Crippen LogP) is 2.77. The minimum atomic E-state index is -0.276. The summed E-state index contributed by atoms with van der Waals surface area (Å²) < 4.78 is 21.1. The SMILES string of the molecule is O=C(c1ncn2c1CO[C@@H](c1ccc(F)cc1)C2)N1CCC(C(=O)N2CCCC2)CC1. The molecule has 0 spiro atoms. The summed E-state index contributed by atoms with van der Waals surface area (Å²) in [4.78, 5) is 33.9. The summed E-state index contributed by atoms with van der Waals surface area (Å²) in [7, 11) is 0. The minimum absolute atomic E-state index is 0.0258. The Hall–Kier alpha value is -2.74. The van der Waals surface area contributed by atoms with Crippen LogP contribution in [0.25, 0.3) is 0 Å². The maximum Gasteiger partial charge on any atom is 0.274 e. The van der Waals surface area contributed by atoms with Crippen molar-refractivity contribution in [2.45, 2.75) is 44.9 Å². The number of halogens is 1. The summed E-state index contributed by atoms with van der Waals surface area (Å²) in [5.41, 5.74) is 2.11. The number of amides is 2. The van der Waals surface area contributed by atoms with Gasteiger partial charge in [-0.15, -0.1) is 0 Å². The molecule has 1 atom stereocenters. The van der Waals surface area contributed by atoms with E-state index in [9.17, 15) is 14.0 Å². The van der Waals surface area contributed by atoms with Crippen LogP contribution in [-0.4, -0.2) is 57.3 Å². The van der Waals surface area contributed by atoms with Crippen molar-refractivity contribution >= 4 is 11.8 Å². The van der Waals surface area contributed by atoms with Crippen LogP contribution in [0.3, 0.4) is 0 Å². The van der Waals surface area contributed by atoms with E-state index in [1.165, 1.54) is 12.1 Å². The molecule has 2 saturated heterocycles. The zero-order chi connectivity index (χ0) is 21.4. The molecular weight excluding hydrogens is 399 g/mol. The first-order valence-corrected chi connectivity index (χ1v) is 11.1. The standard InChI is InChI=1S/C23H27FN4O3/c24-18-5-3-16(4-6-18)20-13-28-15-25-21(19(28)14-31-20)23(30)27-11-7-17(8-12-27)22(29)26-9-1-2-10-26/h3-6,15,17,20H,1-2,7-14H2/t20-/m1/s1. The highest BCUT2D eigenvalue weighted by Crippen LogP contribution is 2.29. The van der Waals surface area contributed by atoms with Crippen molar-refractivity contribution in [3.8, 4) is 0 Å². The van der Waals surface area contributed by atoms with Crippen LogP contribution in [0, 0.1) is 11.7 Å². The van der Waals surface area contributed by atoms with Gasteiger partial charge in [-0.25, -0.2) is 9.37 Å².